The molecular weight excluding hydrogens is 477 g/mol. The van der Waals surface area contributed by atoms with Gasteiger partial charge in [-0.3, -0.25) is 4.79 Å². The Morgan fingerprint density at radius 1 is 1.11 bits per heavy atom. The zero-order valence-electron chi connectivity index (χ0n) is 19.4. The lowest BCUT2D eigenvalue weighted by Crippen LogP contribution is -2.32. The lowest BCUT2D eigenvalue weighted by atomic mass is 10.0. The molecule has 5 rings (SSSR count). The van der Waals surface area contributed by atoms with E-state index in [-0.39, 0.29) is 23.2 Å². The van der Waals surface area contributed by atoms with E-state index in [1.165, 1.54) is 35.4 Å². The lowest BCUT2D eigenvalue weighted by molar-refractivity contribution is -0.274. The molecule has 0 radical (unpaired) electrons. The van der Waals surface area contributed by atoms with Crippen LogP contribution in [0.3, 0.4) is 0 Å². The summed E-state index contributed by atoms with van der Waals surface area (Å²) in [4.78, 5) is 21.1. The van der Waals surface area contributed by atoms with Gasteiger partial charge in [-0.05, 0) is 56.0 Å². The summed E-state index contributed by atoms with van der Waals surface area (Å²) in [5, 5.41) is 12.3. The number of halogens is 3. The predicted octanol–water partition coefficient (Wildman–Crippen LogP) is 4.81. The van der Waals surface area contributed by atoms with Crippen LogP contribution in [0, 0.1) is 13.8 Å². The minimum Gasteiger partial charge on any atom is -0.405 e. The largest absolute Gasteiger partial charge is 0.573 e. The highest BCUT2D eigenvalue weighted by Gasteiger charge is 2.37. The maximum atomic E-state index is 13.7. The number of nitrogens with zero attached hydrogens (tertiary/aromatic N) is 6. The Hall–Kier alpha value is -4.22. The maximum Gasteiger partial charge on any atom is 0.573 e. The van der Waals surface area contributed by atoms with E-state index in [9.17, 15) is 18.0 Å². The van der Waals surface area contributed by atoms with Crippen LogP contribution >= 0.6 is 0 Å². The van der Waals surface area contributed by atoms with Gasteiger partial charge in [0.2, 0.25) is 11.7 Å². The Morgan fingerprint density at radius 3 is 2.61 bits per heavy atom. The van der Waals surface area contributed by atoms with Crippen molar-refractivity contribution < 1.29 is 27.2 Å². The molecule has 36 heavy (non-hydrogen) atoms. The first-order valence-electron chi connectivity index (χ1n) is 11.2. The van der Waals surface area contributed by atoms with Crippen molar-refractivity contribution in [3.05, 3.63) is 71.4 Å². The molecule has 0 spiro atoms. The van der Waals surface area contributed by atoms with Crippen LogP contribution < -0.4 is 4.74 Å². The average Bonchev–Trinajstić information content (AvgIpc) is 3.60. The van der Waals surface area contributed by atoms with E-state index in [0.29, 0.717) is 30.6 Å². The number of aryl methyl sites for hydroxylation is 1. The summed E-state index contributed by atoms with van der Waals surface area (Å²) in [6.07, 6.45) is -0.537. The van der Waals surface area contributed by atoms with Crippen LogP contribution in [-0.4, -0.2) is 48.8 Å². The molecule has 186 valence electrons. The van der Waals surface area contributed by atoms with Crippen molar-refractivity contribution in [2.45, 2.75) is 39.1 Å². The second-order valence-electron chi connectivity index (χ2n) is 8.38. The highest BCUT2D eigenvalue weighted by atomic mass is 19.4. The molecule has 3 heterocycles. The Morgan fingerprint density at radius 2 is 1.86 bits per heavy atom. The van der Waals surface area contributed by atoms with Gasteiger partial charge in [-0.25, -0.2) is 0 Å². The maximum absolute atomic E-state index is 13.7. The van der Waals surface area contributed by atoms with Gasteiger partial charge in [0.05, 0.1) is 23.5 Å². The summed E-state index contributed by atoms with van der Waals surface area (Å²) >= 11 is 0. The third-order valence-corrected chi connectivity index (χ3v) is 6.15. The normalized spacial score (nSPS) is 15.9. The van der Waals surface area contributed by atoms with Gasteiger partial charge in [0, 0.05) is 6.54 Å². The number of para-hydroxylation sites is 1. The predicted molar refractivity (Wildman–Crippen MR) is 120 cm³/mol. The third kappa shape index (κ3) is 4.41. The van der Waals surface area contributed by atoms with Gasteiger partial charge in [0.15, 0.2) is 0 Å². The minimum atomic E-state index is -4.87. The summed E-state index contributed by atoms with van der Waals surface area (Å²) in [6, 6.07) is 8.62. The fourth-order valence-electron chi connectivity index (χ4n) is 4.33. The number of amides is 1. The van der Waals surface area contributed by atoms with E-state index in [1.54, 1.807) is 17.0 Å². The van der Waals surface area contributed by atoms with Gasteiger partial charge in [-0.1, -0.05) is 23.4 Å². The molecule has 1 amide bonds. The van der Waals surface area contributed by atoms with E-state index in [4.69, 9.17) is 4.52 Å². The molecule has 2 aromatic carbocycles. The van der Waals surface area contributed by atoms with Crippen LogP contribution in [0.1, 0.15) is 46.3 Å². The molecular formula is C24H21F3N6O3. The van der Waals surface area contributed by atoms with Crippen LogP contribution in [0.15, 0.2) is 53.3 Å². The van der Waals surface area contributed by atoms with E-state index in [2.05, 4.69) is 25.1 Å². The van der Waals surface area contributed by atoms with Gasteiger partial charge >= 0.3 is 6.36 Å². The van der Waals surface area contributed by atoms with Gasteiger partial charge < -0.3 is 14.2 Å². The fourth-order valence-corrected chi connectivity index (χ4v) is 4.33. The molecule has 12 heteroatoms. The summed E-state index contributed by atoms with van der Waals surface area (Å²) in [7, 11) is 0. The number of hydrogen-bond acceptors (Lipinski definition) is 7. The third-order valence-electron chi connectivity index (χ3n) is 6.15. The monoisotopic (exact) mass is 498 g/mol. The second kappa shape index (κ2) is 9.10. The van der Waals surface area contributed by atoms with Crippen LogP contribution in [0.5, 0.6) is 5.75 Å². The zero-order chi connectivity index (χ0) is 25.4. The van der Waals surface area contributed by atoms with Crippen LogP contribution in [0.2, 0.25) is 0 Å². The molecule has 1 aliphatic rings. The second-order valence-corrected chi connectivity index (χ2v) is 8.38. The molecule has 1 fully saturated rings. The topological polar surface area (TPSA) is 99.2 Å². The van der Waals surface area contributed by atoms with Crippen molar-refractivity contribution in [2.75, 3.05) is 6.54 Å². The summed E-state index contributed by atoms with van der Waals surface area (Å²) in [5.41, 5.74) is 2.89. The zero-order valence-corrected chi connectivity index (χ0v) is 19.4. The Kier molecular flexibility index (Phi) is 5.94. The number of ether oxygens (including phenoxy) is 1. The minimum absolute atomic E-state index is 0.0295. The van der Waals surface area contributed by atoms with Crippen LogP contribution in [-0.2, 0) is 0 Å². The Bertz CT molecular complexity index is 1400. The first-order valence-corrected chi connectivity index (χ1v) is 11.2. The van der Waals surface area contributed by atoms with Gasteiger partial charge in [-0.2, -0.15) is 20.0 Å². The van der Waals surface area contributed by atoms with Crippen molar-refractivity contribution in [1.82, 2.24) is 30.0 Å². The molecule has 9 nitrogen and oxygen atoms in total. The summed E-state index contributed by atoms with van der Waals surface area (Å²) in [5.74, 6) is -0.617. The first kappa shape index (κ1) is 23.5. The van der Waals surface area contributed by atoms with Crippen molar-refractivity contribution >= 4 is 5.91 Å². The number of alkyl halides is 3. The molecule has 2 aromatic heterocycles. The molecule has 1 atom stereocenters. The number of aromatic nitrogens is 5. The van der Waals surface area contributed by atoms with Crippen LogP contribution in [0.4, 0.5) is 13.2 Å². The van der Waals surface area contributed by atoms with Crippen LogP contribution in [0.25, 0.3) is 17.1 Å². The van der Waals surface area contributed by atoms with Crippen molar-refractivity contribution in [2.24, 2.45) is 0 Å². The lowest BCUT2D eigenvalue weighted by Gasteiger charge is -2.24. The molecule has 4 aromatic rings. The molecule has 0 unspecified atom stereocenters. The average molecular weight is 498 g/mol. The smallest absolute Gasteiger partial charge is 0.405 e. The Labute approximate surface area is 203 Å². The molecule has 0 aliphatic carbocycles. The molecule has 0 bridgehead atoms. The molecule has 1 aliphatic heterocycles. The standard InChI is InChI=1S/C24H21F3N6O3/c1-14-9-10-17(20(15(14)2)33-28-11-12-29-33)23(34)32-13-5-7-18(32)22-30-21(31-36-22)16-6-3-4-8-19(16)35-24(25,26)27/h3-4,6,8-12,18H,5,7,13H2,1-2H3/t18-/m0/s1. The molecule has 0 saturated carbocycles. The highest BCUT2D eigenvalue weighted by Crippen LogP contribution is 2.37. The van der Waals surface area contributed by atoms with E-state index in [0.717, 1.165) is 11.1 Å². The number of carbonyl (C=O) groups is 1. The van der Waals surface area contributed by atoms with Crippen molar-refractivity contribution in [1.29, 1.82) is 0 Å². The highest BCUT2D eigenvalue weighted by molar-refractivity contribution is 5.98. The number of benzene rings is 2. The van der Waals surface area contributed by atoms with Gasteiger partial charge in [0.1, 0.15) is 17.5 Å². The number of hydrogen-bond donors (Lipinski definition) is 0. The van der Waals surface area contributed by atoms with Gasteiger partial charge in [0.25, 0.3) is 5.91 Å². The number of likely N-dealkylation sites (tertiary alicyclic amines) is 1. The summed E-state index contributed by atoms with van der Waals surface area (Å²) < 4.78 is 48.0. The van der Waals surface area contributed by atoms with Crippen molar-refractivity contribution in [3.63, 3.8) is 0 Å². The van der Waals surface area contributed by atoms with E-state index in [1.807, 2.05) is 19.9 Å². The summed E-state index contributed by atoms with van der Waals surface area (Å²) in [6.45, 7) is 4.29. The SMILES string of the molecule is Cc1ccc(C(=O)N2CCC[C@H]2c2nc(-c3ccccc3OC(F)(F)F)no2)c(-n2nccn2)c1C. The quantitative estimate of drug-likeness (QED) is 0.389. The number of rotatable bonds is 5. The van der Waals surface area contributed by atoms with Gasteiger partial charge in [-0.15, -0.1) is 13.2 Å². The fraction of sp³-hybridized carbons (Fsp3) is 0.292. The van der Waals surface area contributed by atoms with Crippen molar-refractivity contribution in [3.8, 4) is 22.8 Å². The first-order chi connectivity index (χ1) is 17.2. The molecule has 1 saturated heterocycles. The number of carbonyl (C=O) groups excluding carboxylic acids is 1. The molecule has 0 N–H and O–H groups in total. The van der Waals surface area contributed by atoms with E-state index >= 15 is 0 Å². The van der Waals surface area contributed by atoms with E-state index < -0.39 is 18.2 Å². The Balaban J connectivity index is 1.47.